The van der Waals surface area contributed by atoms with Crippen LogP contribution in [0.5, 0.6) is 5.75 Å². The van der Waals surface area contributed by atoms with E-state index in [0.29, 0.717) is 0 Å². The minimum Gasteiger partial charge on any atom is -0.465 e. The maximum absolute atomic E-state index is 12.3. The quantitative estimate of drug-likeness (QED) is 0.144. The Kier molecular flexibility index (Phi) is 8.75. The van der Waals surface area contributed by atoms with E-state index >= 15 is 0 Å². The monoisotopic (exact) mass is 365 g/mol. The van der Waals surface area contributed by atoms with Gasteiger partial charge in [-0.2, -0.15) is 0 Å². The number of nitrogens with zero attached hydrogens (tertiary/aromatic N) is 1. The van der Waals surface area contributed by atoms with E-state index in [-0.39, 0.29) is 18.0 Å². The summed E-state index contributed by atoms with van der Waals surface area (Å²) in [5, 5.41) is 10.8. The first-order chi connectivity index (χ1) is 12.3. The lowest BCUT2D eigenvalue weighted by Gasteiger charge is -2.20. The Morgan fingerprint density at radius 2 is 1.73 bits per heavy atom. The number of nitro groups is 1. The molecule has 0 fully saturated rings. The molecule has 0 aliphatic rings. The molecule has 144 valence electrons. The van der Waals surface area contributed by atoms with E-state index in [0.717, 1.165) is 25.3 Å². The highest BCUT2D eigenvalue weighted by Crippen LogP contribution is 2.25. The van der Waals surface area contributed by atoms with Crippen molar-refractivity contribution in [2.24, 2.45) is 5.41 Å². The second kappa shape index (κ2) is 10.5. The maximum Gasteiger partial charge on any atom is 0.328 e. The van der Waals surface area contributed by atoms with Gasteiger partial charge in [-0.1, -0.05) is 45.1 Å². The molecule has 7 nitrogen and oxygen atoms in total. The third-order valence-electron chi connectivity index (χ3n) is 3.99. The van der Waals surface area contributed by atoms with Crippen LogP contribution in [-0.2, 0) is 14.3 Å². The molecular formula is C19H27NO6. The smallest absolute Gasteiger partial charge is 0.328 e. The number of hydrogen-bond acceptors (Lipinski definition) is 6. The van der Waals surface area contributed by atoms with Gasteiger partial charge in [-0.25, -0.2) is 0 Å². The minimum absolute atomic E-state index is 0.0148. The summed E-state index contributed by atoms with van der Waals surface area (Å²) in [6, 6.07) is 5.25. The average Bonchev–Trinajstić information content (AvgIpc) is 2.60. The van der Waals surface area contributed by atoms with Crippen LogP contribution in [0.4, 0.5) is 5.69 Å². The normalized spacial score (nSPS) is 11.0. The number of esters is 2. The Morgan fingerprint density at radius 3 is 2.38 bits per heavy atom. The first kappa shape index (κ1) is 21.6. The highest BCUT2D eigenvalue weighted by atomic mass is 16.6. The van der Waals surface area contributed by atoms with E-state index in [1.54, 1.807) is 0 Å². The summed E-state index contributed by atoms with van der Waals surface area (Å²) in [7, 11) is 0. The zero-order chi connectivity index (χ0) is 19.6. The fraction of sp³-hybridized carbons (Fsp3) is 0.579. The fourth-order valence-corrected chi connectivity index (χ4v) is 2.21. The molecule has 0 atom stereocenters. The molecule has 1 rings (SSSR count). The van der Waals surface area contributed by atoms with Crippen molar-refractivity contribution in [1.29, 1.82) is 0 Å². The van der Waals surface area contributed by atoms with Gasteiger partial charge in [0.05, 0.1) is 17.6 Å². The summed E-state index contributed by atoms with van der Waals surface area (Å²) in [6.45, 7) is 5.24. The number of nitro benzene ring substituents is 1. The van der Waals surface area contributed by atoms with Gasteiger partial charge >= 0.3 is 11.9 Å². The zero-order valence-electron chi connectivity index (χ0n) is 15.7. The molecule has 0 aromatic heterocycles. The molecule has 0 saturated carbocycles. The second-order valence-electron chi connectivity index (χ2n) is 6.67. The molecule has 0 bridgehead atoms. The molecule has 7 heteroatoms. The van der Waals surface area contributed by atoms with Crippen LogP contribution in [0, 0.1) is 15.5 Å². The van der Waals surface area contributed by atoms with Crippen LogP contribution in [0.1, 0.15) is 59.3 Å². The Morgan fingerprint density at radius 1 is 1.08 bits per heavy atom. The molecular weight excluding hydrogens is 338 g/mol. The van der Waals surface area contributed by atoms with Crippen LogP contribution < -0.4 is 4.74 Å². The summed E-state index contributed by atoms with van der Waals surface area (Å²) in [5.41, 5.74) is -1.69. The van der Waals surface area contributed by atoms with Crippen molar-refractivity contribution in [3.8, 4) is 5.75 Å². The van der Waals surface area contributed by atoms with E-state index in [9.17, 15) is 19.7 Å². The van der Waals surface area contributed by atoms with Crippen LogP contribution in [0.3, 0.4) is 0 Å². The van der Waals surface area contributed by atoms with Gasteiger partial charge in [-0.3, -0.25) is 19.7 Å². The van der Waals surface area contributed by atoms with Gasteiger partial charge in [-0.15, -0.1) is 0 Å². The summed E-state index contributed by atoms with van der Waals surface area (Å²) < 4.78 is 10.3. The van der Waals surface area contributed by atoms with Crippen molar-refractivity contribution in [2.75, 3.05) is 6.61 Å². The molecule has 1 aromatic rings. The molecule has 0 spiro atoms. The summed E-state index contributed by atoms with van der Waals surface area (Å²) in [4.78, 5) is 34.6. The summed E-state index contributed by atoms with van der Waals surface area (Å²) >= 11 is 0. The van der Waals surface area contributed by atoms with Crippen LogP contribution in [0.15, 0.2) is 24.3 Å². The van der Waals surface area contributed by atoms with Crippen LogP contribution in [0.2, 0.25) is 0 Å². The topological polar surface area (TPSA) is 95.7 Å². The lowest BCUT2D eigenvalue weighted by Crippen LogP contribution is -2.38. The van der Waals surface area contributed by atoms with E-state index in [1.807, 2.05) is 0 Å². The average molecular weight is 365 g/mol. The van der Waals surface area contributed by atoms with E-state index < -0.39 is 22.3 Å². The predicted molar refractivity (Wildman–Crippen MR) is 96.8 cm³/mol. The molecule has 0 unspecified atom stereocenters. The van der Waals surface area contributed by atoms with Gasteiger partial charge < -0.3 is 9.47 Å². The van der Waals surface area contributed by atoms with Gasteiger partial charge in [0.15, 0.2) is 5.41 Å². The van der Waals surface area contributed by atoms with E-state index in [1.165, 1.54) is 51.3 Å². The van der Waals surface area contributed by atoms with Crippen molar-refractivity contribution >= 4 is 17.6 Å². The van der Waals surface area contributed by atoms with Crippen LogP contribution in [0.25, 0.3) is 0 Å². The van der Waals surface area contributed by atoms with Crippen LogP contribution >= 0.6 is 0 Å². The Balaban J connectivity index is 2.49. The molecule has 0 heterocycles. The second-order valence-corrected chi connectivity index (χ2v) is 6.67. The summed E-state index contributed by atoms with van der Waals surface area (Å²) in [6.07, 6.45) is 6.39. The minimum atomic E-state index is -1.49. The number of ether oxygens (including phenoxy) is 2. The SMILES string of the molecule is CCCCCCCCOC(=O)C(C)(C)C(=O)Oc1cccc([N+](=O)[O-])c1. The molecule has 0 amide bonds. The Hall–Kier alpha value is -2.44. The van der Waals surface area contributed by atoms with E-state index in [2.05, 4.69) is 6.92 Å². The lowest BCUT2D eigenvalue weighted by molar-refractivity contribution is -0.384. The lowest BCUT2D eigenvalue weighted by atomic mass is 9.94. The van der Waals surface area contributed by atoms with Crippen molar-refractivity contribution in [3.05, 3.63) is 34.4 Å². The van der Waals surface area contributed by atoms with Crippen molar-refractivity contribution in [3.63, 3.8) is 0 Å². The number of carbonyl (C=O) groups excluding carboxylic acids is 2. The molecule has 0 aliphatic carbocycles. The highest BCUT2D eigenvalue weighted by molar-refractivity contribution is 5.99. The number of hydrogen-bond donors (Lipinski definition) is 0. The first-order valence-electron chi connectivity index (χ1n) is 8.93. The Labute approximate surface area is 153 Å². The molecule has 0 radical (unpaired) electrons. The van der Waals surface area contributed by atoms with Crippen molar-refractivity contribution in [2.45, 2.75) is 59.3 Å². The molecule has 0 aliphatic heterocycles. The standard InChI is InChI=1S/C19H27NO6/c1-4-5-6-7-8-9-13-25-17(21)19(2,3)18(22)26-16-12-10-11-15(14-16)20(23)24/h10-12,14H,4-9,13H2,1-3H3. The first-order valence-corrected chi connectivity index (χ1v) is 8.93. The Bertz CT molecular complexity index is 626. The number of unbranched alkanes of at least 4 members (excludes halogenated alkanes) is 5. The third-order valence-corrected chi connectivity index (χ3v) is 3.99. The maximum atomic E-state index is 12.3. The highest BCUT2D eigenvalue weighted by Gasteiger charge is 2.40. The van der Waals surface area contributed by atoms with Crippen molar-refractivity contribution in [1.82, 2.24) is 0 Å². The molecule has 0 N–H and O–H groups in total. The van der Waals surface area contributed by atoms with Crippen molar-refractivity contribution < 1.29 is 24.0 Å². The largest absolute Gasteiger partial charge is 0.465 e. The molecule has 26 heavy (non-hydrogen) atoms. The number of carbonyl (C=O) groups is 2. The van der Waals surface area contributed by atoms with Crippen LogP contribution in [-0.4, -0.2) is 23.5 Å². The summed E-state index contributed by atoms with van der Waals surface area (Å²) in [5.74, 6) is -1.46. The number of non-ortho nitro benzene ring substituents is 1. The fourth-order valence-electron chi connectivity index (χ4n) is 2.21. The predicted octanol–water partition coefficient (Wildman–Crippen LogP) is 4.43. The van der Waals surface area contributed by atoms with E-state index in [4.69, 9.17) is 9.47 Å². The number of rotatable bonds is 11. The van der Waals surface area contributed by atoms with Gasteiger partial charge in [-0.05, 0) is 26.3 Å². The number of benzene rings is 1. The van der Waals surface area contributed by atoms with Gasteiger partial charge in [0.1, 0.15) is 5.75 Å². The third kappa shape index (κ3) is 6.82. The zero-order valence-corrected chi connectivity index (χ0v) is 15.7. The van der Waals surface area contributed by atoms with Gasteiger partial charge in [0.25, 0.3) is 5.69 Å². The molecule has 0 saturated heterocycles. The molecule has 1 aromatic carbocycles. The van der Waals surface area contributed by atoms with Gasteiger partial charge in [0, 0.05) is 6.07 Å². The van der Waals surface area contributed by atoms with Gasteiger partial charge in [0.2, 0.25) is 0 Å².